The number of fused-ring (bicyclic) bond motifs is 1. The maximum atomic E-state index is 13.3. The van der Waals surface area contributed by atoms with Crippen LogP contribution in [0.1, 0.15) is 25.3 Å². The summed E-state index contributed by atoms with van der Waals surface area (Å²) in [5.74, 6) is 1.54. The smallest absolute Gasteiger partial charge is 0.248 e. The van der Waals surface area contributed by atoms with Crippen LogP contribution in [0, 0.1) is 5.92 Å². The van der Waals surface area contributed by atoms with Crippen LogP contribution in [0.4, 0.5) is 11.4 Å². The standard InChI is InChI=1S/C24H33N5O3/c1-18-7-10-27(11-8-18)22-5-6-23(30)29(25-22)17-24(31)28-12-9-19-20(3-2-4-21(19)28)26-13-15-32-16-14-26/h2-6,18,23,30H,7-17H2,1H3. The average molecular weight is 440 g/mol. The number of benzene rings is 1. The van der Waals surface area contributed by atoms with E-state index in [0.29, 0.717) is 6.54 Å². The molecule has 5 rings (SSSR count). The molecule has 0 radical (unpaired) electrons. The third-order valence-corrected chi connectivity index (χ3v) is 7.01. The van der Waals surface area contributed by atoms with Crippen molar-refractivity contribution < 1.29 is 14.6 Å². The fourth-order valence-electron chi connectivity index (χ4n) is 5.03. The van der Waals surface area contributed by atoms with E-state index in [4.69, 9.17) is 4.74 Å². The molecule has 1 N–H and O–H groups in total. The molecule has 172 valence electrons. The van der Waals surface area contributed by atoms with Crippen molar-refractivity contribution in [1.29, 1.82) is 0 Å². The lowest BCUT2D eigenvalue weighted by molar-refractivity contribution is -0.121. The zero-order valence-electron chi connectivity index (χ0n) is 18.8. The number of ether oxygens (including phenoxy) is 1. The number of amidine groups is 1. The number of carbonyl (C=O) groups is 1. The fraction of sp³-hybridized carbons (Fsp3) is 0.583. The molecule has 4 heterocycles. The molecule has 0 spiro atoms. The maximum Gasteiger partial charge on any atom is 0.248 e. The number of nitrogens with zero attached hydrogens (tertiary/aromatic N) is 5. The van der Waals surface area contributed by atoms with Gasteiger partial charge in [-0.05, 0) is 49.5 Å². The van der Waals surface area contributed by atoms with Crippen molar-refractivity contribution in [3.63, 3.8) is 0 Å². The number of likely N-dealkylation sites (tertiary alicyclic amines) is 1. The number of anilines is 2. The summed E-state index contributed by atoms with van der Waals surface area (Å²) in [5, 5.41) is 16.6. The predicted molar refractivity (Wildman–Crippen MR) is 125 cm³/mol. The molecule has 4 aliphatic rings. The first-order chi connectivity index (χ1) is 15.6. The molecule has 4 aliphatic heterocycles. The Labute approximate surface area is 189 Å². The first-order valence-corrected chi connectivity index (χ1v) is 11.8. The van der Waals surface area contributed by atoms with Crippen molar-refractivity contribution in [3.05, 3.63) is 35.9 Å². The molecular weight excluding hydrogens is 406 g/mol. The van der Waals surface area contributed by atoms with Crippen molar-refractivity contribution in [2.24, 2.45) is 11.0 Å². The summed E-state index contributed by atoms with van der Waals surface area (Å²) in [5.41, 5.74) is 3.42. The number of aliphatic hydroxyl groups excluding tert-OH is 1. The Kier molecular flexibility index (Phi) is 6.06. The predicted octanol–water partition coefficient (Wildman–Crippen LogP) is 1.65. The number of hydrazone groups is 1. The SMILES string of the molecule is CC1CCN(C2=NN(CC(=O)N3CCc4c(N5CCOCC5)cccc43)C(O)C=C2)CC1. The lowest BCUT2D eigenvalue weighted by Gasteiger charge is -2.35. The van der Waals surface area contributed by atoms with Crippen molar-refractivity contribution in [2.45, 2.75) is 32.4 Å². The number of amides is 1. The van der Waals surface area contributed by atoms with Gasteiger partial charge in [-0.3, -0.25) is 9.80 Å². The Balaban J connectivity index is 1.29. The lowest BCUT2D eigenvalue weighted by atomic mass is 9.99. The van der Waals surface area contributed by atoms with Crippen LogP contribution < -0.4 is 9.80 Å². The summed E-state index contributed by atoms with van der Waals surface area (Å²) < 4.78 is 5.50. The van der Waals surface area contributed by atoms with Gasteiger partial charge in [0.25, 0.3) is 0 Å². The van der Waals surface area contributed by atoms with Crippen LogP contribution in [0.5, 0.6) is 0 Å². The molecule has 32 heavy (non-hydrogen) atoms. The van der Waals surface area contributed by atoms with Gasteiger partial charge in [-0.15, -0.1) is 0 Å². The van der Waals surface area contributed by atoms with Gasteiger partial charge < -0.3 is 24.5 Å². The zero-order valence-corrected chi connectivity index (χ0v) is 18.8. The van der Waals surface area contributed by atoms with Crippen molar-refractivity contribution in [3.8, 4) is 0 Å². The van der Waals surface area contributed by atoms with E-state index in [9.17, 15) is 9.90 Å². The highest BCUT2D eigenvalue weighted by Gasteiger charge is 2.31. The number of morpholine rings is 1. The Bertz CT molecular complexity index is 903. The van der Waals surface area contributed by atoms with Gasteiger partial charge >= 0.3 is 0 Å². The van der Waals surface area contributed by atoms with Crippen LogP contribution in [-0.4, -0.2) is 85.5 Å². The normalized spacial score (nSPS) is 24.1. The second-order valence-corrected chi connectivity index (χ2v) is 9.17. The average Bonchev–Trinajstić information content (AvgIpc) is 3.26. The van der Waals surface area contributed by atoms with E-state index in [-0.39, 0.29) is 12.5 Å². The highest BCUT2D eigenvalue weighted by atomic mass is 16.5. The Morgan fingerprint density at radius 3 is 2.62 bits per heavy atom. The second-order valence-electron chi connectivity index (χ2n) is 9.17. The highest BCUT2D eigenvalue weighted by Crippen LogP contribution is 2.36. The Morgan fingerprint density at radius 2 is 1.84 bits per heavy atom. The minimum Gasteiger partial charge on any atom is -0.378 e. The number of piperidine rings is 1. The molecular formula is C24H33N5O3. The van der Waals surface area contributed by atoms with Crippen molar-refractivity contribution >= 4 is 23.1 Å². The molecule has 1 unspecified atom stereocenters. The van der Waals surface area contributed by atoms with Crippen molar-refractivity contribution in [1.82, 2.24) is 9.91 Å². The number of carbonyl (C=O) groups excluding carboxylic acids is 1. The van der Waals surface area contributed by atoms with Gasteiger partial charge in [0.1, 0.15) is 12.4 Å². The second kappa shape index (κ2) is 9.11. The summed E-state index contributed by atoms with van der Waals surface area (Å²) in [7, 11) is 0. The number of hydrogen-bond acceptors (Lipinski definition) is 7. The topological polar surface area (TPSA) is 71.9 Å². The molecule has 1 atom stereocenters. The van der Waals surface area contributed by atoms with E-state index in [1.807, 2.05) is 23.1 Å². The molecule has 2 saturated heterocycles. The van der Waals surface area contributed by atoms with E-state index in [1.54, 1.807) is 6.08 Å². The molecule has 0 saturated carbocycles. The monoisotopic (exact) mass is 439 g/mol. The maximum absolute atomic E-state index is 13.3. The van der Waals surface area contributed by atoms with Crippen LogP contribution in [0.3, 0.4) is 0 Å². The first kappa shape index (κ1) is 21.3. The molecule has 1 amide bonds. The van der Waals surface area contributed by atoms with Crippen LogP contribution in [-0.2, 0) is 16.0 Å². The van der Waals surface area contributed by atoms with Gasteiger partial charge in [-0.25, -0.2) is 0 Å². The van der Waals surface area contributed by atoms with E-state index >= 15 is 0 Å². The van der Waals surface area contributed by atoms with Crippen molar-refractivity contribution in [2.75, 3.05) is 62.3 Å². The van der Waals surface area contributed by atoms with Gasteiger partial charge in [0.05, 0.1) is 13.2 Å². The summed E-state index contributed by atoms with van der Waals surface area (Å²) in [4.78, 5) is 19.7. The highest BCUT2D eigenvalue weighted by molar-refractivity contribution is 5.98. The summed E-state index contributed by atoms with van der Waals surface area (Å²) in [6.07, 6.45) is 5.85. The van der Waals surface area contributed by atoms with E-state index < -0.39 is 6.23 Å². The van der Waals surface area contributed by atoms with E-state index in [2.05, 4.69) is 27.9 Å². The third-order valence-electron chi connectivity index (χ3n) is 7.01. The van der Waals surface area contributed by atoms with Crippen LogP contribution >= 0.6 is 0 Å². The number of aliphatic hydroxyl groups is 1. The molecule has 8 nitrogen and oxygen atoms in total. The van der Waals surface area contributed by atoms with Gasteiger partial charge in [-0.2, -0.15) is 5.10 Å². The zero-order chi connectivity index (χ0) is 22.1. The first-order valence-electron chi connectivity index (χ1n) is 11.8. The largest absolute Gasteiger partial charge is 0.378 e. The van der Waals surface area contributed by atoms with Gasteiger partial charge in [0.15, 0.2) is 6.23 Å². The third kappa shape index (κ3) is 4.21. The molecule has 0 aliphatic carbocycles. The van der Waals surface area contributed by atoms with Gasteiger partial charge in [0.2, 0.25) is 5.91 Å². The summed E-state index contributed by atoms with van der Waals surface area (Å²) >= 11 is 0. The van der Waals surface area contributed by atoms with Crippen LogP contribution in [0.2, 0.25) is 0 Å². The minimum absolute atomic E-state index is 0.0346. The fourth-order valence-corrected chi connectivity index (χ4v) is 5.03. The minimum atomic E-state index is -0.881. The Hall–Kier alpha value is -2.58. The van der Waals surface area contributed by atoms with Gasteiger partial charge in [-0.1, -0.05) is 13.0 Å². The Morgan fingerprint density at radius 1 is 1.09 bits per heavy atom. The van der Waals surface area contributed by atoms with Gasteiger partial charge in [0, 0.05) is 49.7 Å². The molecule has 8 heteroatoms. The molecule has 0 aromatic heterocycles. The molecule has 2 fully saturated rings. The van der Waals surface area contributed by atoms with Crippen LogP contribution in [0.25, 0.3) is 0 Å². The molecule has 1 aromatic carbocycles. The molecule has 0 bridgehead atoms. The molecule has 1 aromatic rings. The van der Waals surface area contributed by atoms with E-state index in [1.165, 1.54) is 16.3 Å². The quantitative estimate of drug-likeness (QED) is 0.772. The van der Waals surface area contributed by atoms with Crippen LogP contribution in [0.15, 0.2) is 35.5 Å². The number of rotatable bonds is 3. The van der Waals surface area contributed by atoms with E-state index in [0.717, 1.165) is 76.1 Å². The number of hydrogen-bond donors (Lipinski definition) is 1. The summed E-state index contributed by atoms with van der Waals surface area (Å²) in [6.45, 7) is 8.16. The lowest BCUT2D eigenvalue weighted by Crippen LogP contribution is -2.45. The summed E-state index contributed by atoms with van der Waals surface area (Å²) in [6, 6.07) is 6.20.